The molecular weight excluding hydrogens is 394 g/mol. The number of hydrogen-bond donors (Lipinski definition) is 1. The third kappa shape index (κ3) is 4.59. The summed E-state index contributed by atoms with van der Waals surface area (Å²) in [4.78, 5) is 33.0. The number of amides is 2. The topological polar surface area (TPSA) is 62.3 Å². The van der Waals surface area contributed by atoms with Crippen molar-refractivity contribution in [3.8, 4) is 10.6 Å². The second kappa shape index (κ2) is 9.29. The molecular formula is C24H31N3O2S. The molecule has 4 rings (SSSR count). The summed E-state index contributed by atoms with van der Waals surface area (Å²) in [6, 6.07) is 10.4. The molecule has 1 aliphatic carbocycles. The van der Waals surface area contributed by atoms with Gasteiger partial charge in [0.05, 0.1) is 5.69 Å². The maximum atomic E-state index is 13.1. The van der Waals surface area contributed by atoms with E-state index in [1.807, 2.05) is 49.1 Å². The predicted molar refractivity (Wildman–Crippen MR) is 120 cm³/mol. The number of carbonyl (C=O) groups is 2. The molecule has 1 aliphatic heterocycles. The van der Waals surface area contributed by atoms with Gasteiger partial charge in [-0.3, -0.25) is 9.59 Å². The predicted octanol–water partition coefficient (Wildman–Crippen LogP) is 4.67. The SMILES string of the molecule is Cc1nc(-c2ccccc2)sc1C(=O)N1CCC([C@H](C)C(=O)NC2CCCC2)CC1. The Balaban J connectivity index is 1.34. The van der Waals surface area contributed by atoms with Crippen LogP contribution in [0.25, 0.3) is 10.6 Å². The number of benzene rings is 1. The normalized spacial score (nSPS) is 19.1. The molecule has 1 aromatic heterocycles. The lowest BCUT2D eigenvalue weighted by Crippen LogP contribution is -2.44. The van der Waals surface area contributed by atoms with Crippen molar-refractivity contribution in [3.05, 3.63) is 40.9 Å². The Morgan fingerprint density at radius 2 is 1.77 bits per heavy atom. The van der Waals surface area contributed by atoms with E-state index >= 15 is 0 Å². The molecule has 0 spiro atoms. The van der Waals surface area contributed by atoms with E-state index in [4.69, 9.17) is 0 Å². The third-order valence-electron chi connectivity index (χ3n) is 6.66. The summed E-state index contributed by atoms with van der Waals surface area (Å²) in [5, 5.41) is 4.13. The van der Waals surface area contributed by atoms with Crippen LogP contribution in [0.4, 0.5) is 0 Å². The van der Waals surface area contributed by atoms with E-state index in [0.717, 1.165) is 46.8 Å². The summed E-state index contributed by atoms with van der Waals surface area (Å²) in [7, 11) is 0. The number of aromatic nitrogens is 1. The standard InChI is InChI=1S/C24H31N3O2S/c1-16(22(28)26-20-10-6-7-11-20)18-12-14-27(15-13-18)24(29)21-17(2)25-23(30-21)19-8-4-3-5-9-19/h3-5,8-9,16,18,20H,6-7,10-15H2,1-2H3,(H,26,28)/t16-/m0/s1. The number of piperidine rings is 1. The number of thiazole rings is 1. The van der Waals surface area contributed by atoms with Gasteiger partial charge in [0.15, 0.2) is 0 Å². The van der Waals surface area contributed by atoms with Crippen molar-refractivity contribution in [2.45, 2.75) is 58.4 Å². The highest BCUT2D eigenvalue weighted by molar-refractivity contribution is 7.17. The van der Waals surface area contributed by atoms with E-state index in [2.05, 4.69) is 10.3 Å². The lowest BCUT2D eigenvalue weighted by molar-refractivity contribution is -0.127. The minimum absolute atomic E-state index is 0.0117. The second-order valence-electron chi connectivity index (χ2n) is 8.71. The zero-order chi connectivity index (χ0) is 21.1. The van der Waals surface area contributed by atoms with Crippen molar-refractivity contribution < 1.29 is 9.59 Å². The zero-order valence-corrected chi connectivity index (χ0v) is 18.7. The summed E-state index contributed by atoms with van der Waals surface area (Å²) in [5.74, 6) is 0.627. The van der Waals surface area contributed by atoms with Crippen LogP contribution in [0.15, 0.2) is 30.3 Å². The van der Waals surface area contributed by atoms with Crippen LogP contribution >= 0.6 is 11.3 Å². The van der Waals surface area contributed by atoms with E-state index in [0.29, 0.717) is 25.0 Å². The van der Waals surface area contributed by atoms with Crippen molar-refractivity contribution in [3.63, 3.8) is 0 Å². The van der Waals surface area contributed by atoms with Crippen molar-refractivity contribution >= 4 is 23.2 Å². The van der Waals surface area contributed by atoms with Crippen LogP contribution in [0, 0.1) is 18.8 Å². The molecule has 5 nitrogen and oxygen atoms in total. The highest BCUT2D eigenvalue weighted by atomic mass is 32.1. The average Bonchev–Trinajstić information content (AvgIpc) is 3.43. The number of nitrogens with zero attached hydrogens (tertiary/aromatic N) is 2. The van der Waals surface area contributed by atoms with Crippen LogP contribution in [0.5, 0.6) is 0 Å². The van der Waals surface area contributed by atoms with Crippen molar-refractivity contribution in [2.75, 3.05) is 13.1 Å². The summed E-state index contributed by atoms with van der Waals surface area (Å²) in [6.07, 6.45) is 6.45. The number of nitrogens with one attached hydrogen (secondary N) is 1. The Kier molecular flexibility index (Phi) is 6.52. The maximum absolute atomic E-state index is 13.1. The van der Waals surface area contributed by atoms with Crippen molar-refractivity contribution in [1.82, 2.24) is 15.2 Å². The Morgan fingerprint density at radius 1 is 1.10 bits per heavy atom. The summed E-state index contributed by atoms with van der Waals surface area (Å²) in [5.41, 5.74) is 1.85. The molecule has 2 aliphatic rings. The number of rotatable bonds is 5. The van der Waals surface area contributed by atoms with Crippen molar-refractivity contribution in [1.29, 1.82) is 0 Å². The zero-order valence-electron chi connectivity index (χ0n) is 17.9. The molecule has 0 radical (unpaired) electrons. The van der Waals surface area contributed by atoms with Crippen LogP contribution in [0.3, 0.4) is 0 Å². The van der Waals surface area contributed by atoms with Gasteiger partial charge in [-0.1, -0.05) is 50.1 Å². The molecule has 1 saturated heterocycles. The molecule has 160 valence electrons. The Bertz CT molecular complexity index is 881. The van der Waals surface area contributed by atoms with Gasteiger partial charge in [-0.25, -0.2) is 4.98 Å². The lowest BCUT2D eigenvalue weighted by atomic mass is 9.84. The Labute approximate surface area is 182 Å². The smallest absolute Gasteiger partial charge is 0.265 e. The van der Waals surface area contributed by atoms with Gasteiger partial charge in [0.25, 0.3) is 5.91 Å². The van der Waals surface area contributed by atoms with Gasteiger partial charge in [-0.15, -0.1) is 11.3 Å². The molecule has 2 amide bonds. The van der Waals surface area contributed by atoms with Crippen molar-refractivity contribution in [2.24, 2.45) is 11.8 Å². The van der Waals surface area contributed by atoms with Gasteiger partial charge < -0.3 is 10.2 Å². The van der Waals surface area contributed by atoms with Crippen LogP contribution < -0.4 is 5.32 Å². The molecule has 30 heavy (non-hydrogen) atoms. The van der Waals surface area contributed by atoms with E-state index in [1.165, 1.54) is 24.2 Å². The largest absolute Gasteiger partial charge is 0.353 e. The van der Waals surface area contributed by atoms with Crippen LogP contribution in [0.1, 0.15) is 60.8 Å². The van der Waals surface area contributed by atoms with Gasteiger partial charge in [-0.2, -0.15) is 0 Å². The Hall–Kier alpha value is -2.21. The number of hydrogen-bond acceptors (Lipinski definition) is 4. The van der Waals surface area contributed by atoms with Gasteiger partial charge in [-0.05, 0) is 38.5 Å². The first-order chi connectivity index (χ1) is 14.5. The molecule has 1 aromatic carbocycles. The molecule has 0 unspecified atom stereocenters. The molecule has 2 aromatic rings. The molecule has 0 bridgehead atoms. The summed E-state index contributed by atoms with van der Waals surface area (Å²) >= 11 is 1.48. The molecule has 6 heteroatoms. The van der Waals surface area contributed by atoms with Crippen LogP contribution in [-0.2, 0) is 4.79 Å². The first-order valence-electron chi connectivity index (χ1n) is 11.2. The minimum Gasteiger partial charge on any atom is -0.353 e. The molecule has 1 atom stereocenters. The molecule has 2 fully saturated rings. The molecule has 1 saturated carbocycles. The van der Waals surface area contributed by atoms with Gasteiger partial charge in [0.1, 0.15) is 9.88 Å². The summed E-state index contributed by atoms with van der Waals surface area (Å²) < 4.78 is 0. The molecule has 2 heterocycles. The quantitative estimate of drug-likeness (QED) is 0.757. The first-order valence-corrected chi connectivity index (χ1v) is 12.0. The lowest BCUT2D eigenvalue weighted by Gasteiger charge is -2.34. The number of likely N-dealkylation sites (tertiary alicyclic amines) is 1. The average molecular weight is 426 g/mol. The fourth-order valence-corrected chi connectivity index (χ4v) is 5.70. The molecule has 1 N–H and O–H groups in total. The fourth-order valence-electron chi connectivity index (χ4n) is 4.66. The monoisotopic (exact) mass is 425 g/mol. The fraction of sp³-hybridized carbons (Fsp3) is 0.542. The number of aryl methyl sites for hydroxylation is 1. The van der Waals surface area contributed by atoms with E-state index in [9.17, 15) is 9.59 Å². The third-order valence-corrected chi connectivity index (χ3v) is 7.86. The maximum Gasteiger partial charge on any atom is 0.265 e. The second-order valence-corrected chi connectivity index (χ2v) is 9.71. The summed E-state index contributed by atoms with van der Waals surface area (Å²) in [6.45, 7) is 5.38. The Morgan fingerprint density at radius 3 is 2.43 bits per heavy atom. The van der Waals surface area contributed by atoms with E-state index < -0.39 is 0 Å². The van der Waals surface area contributed by atoms with Gasteiger partial charge >= 0.3 is 0 Å². The van der Waals surface area contributed by atoms with Crippen LogP contribution in [-0.4, -0.2) is 40.8 Å². The van der Waals surface area contributed by atoms with E-state index in [-0.39, 0.29) is 17.7 Å². The van der Waals surface area contributed by atoms with Crippen LogP contribution in [0.2, 0.25) is 0 Å². The number of carbonyl (C=O) groups excluding carboxylic acids is 2. The first kappa shape index (κ1) is 21.0. The minimum atomic E-state index is 0.0117. The highest BCUT2D eigenvalue weighted by Gasteiger charge is 2.32. The highest BCUT2D eigenvalue weighted by Crippen LogP contribution is 2.31. The van der Waals surface area contributed by atoms with Gasteiger partial charge in [0.2, 0.25) is 5.91 Å². The van der Waals surface area contributed by atoms with Gasteiger partial charge in [0, 0.05) is 30.6 Å². The van der Waals surface area contributed by atoms with E-state index in [1.54, 1.807) is 0 Å².